The van der Waals surface area contributed by atoms with Gasteiger partial charge in [-0.15, -0.1) is 0 Å². The summed E-state index contributed by atoms with van der Waals surface area (Å²) in [4.78, 5) is 38.4. The van der Waals surface area contributed by atoms with Crippen molar-refractivity contribution in [2.24, 2.45) is 0 Å². The molecule has 0 aliphatic rings. The van der Waals surface area contributed by atoms with Gasteiger partial charge in [0, 0.05) is 19.3 Å². The zero-order valence-corrected chi connectivity index (χ0v) is 55.3. The Labute approximate surface area is 511 Å². The van der Waals surface area contributed by atoms with Crippen LogP contribution in [0.1, 0.15) is 400 Å². The maximum absolute atomic E-state index is 12.9. The Hall–Kier alpha value is -2.63. The first-order valence-electron chi connectivity index (χ1n) is 36.6. The second-order valence-electron chi connectivity index (χ2n) is 24.9. The molecule has 6 heteroatoms. The lowest BCUT2D eigenvalue weighted by Crippen LogP contribution is -2.30. The van der Waals surface area contributed by atoms with Gasteiger partial charge in [-0.05, 0) is 83.5 Å². The van der Waals surface area contributed by atoms with E-state index >= 15 is 0 Å². The summed E-state index contributed by atoms with van der Waals surface area (Å²) in [5, 5.41) is 0. The maximum atomic E-state index is 12.9. The smallest absolute Gasteiger partial charge is 0.306 e. The highest BCUT2D eigenvalue weighted by atomic mass is 16.6. The van der Waals surface area contributed by atoms with Gasteiger partial charge in [-0.2, -0.15) is 0 Å². The fraction of sp³-hybridized carbons (Fsp3) is 0.855. The minimum Gasteiger partial charge on any atom is -0.462 e. The Kier molecular flexibility index (Phi) is 68.6. The molecular weight excluding hydrogens is 1010 g/mol. The van der Waals surface area contributed by atoms with E-state index in [-0.39, 0.29) is 31.1 Å². The number of hydrogen-bond acceptors (Lipinski definition) is 6. The molecule has 0 amide bonds. The molecule has 0 heterocycles. The summed E-state index contributed by atoms with van der Waals surface area (Å²) in [6, 6.07) is 0. The van der Waals surface area contributed by atoms with Crippen LogP contribution in [0.4, 0.5) is 0 Å². The van der Waals surface area contributed by atoms with Crippen molar-refractivity contribution in [2.75, 3.05) is 13.2 Å². The lowest BCUT2D eigenvalue weighted by molar-refractivity contribution is -0.167. The van der Waals surface area contributed by atoms with Gasteiger partial charge in [-0.25, -0.2) is 0 Å². The van der Waals surface area contributed by atoms with E-state index in [9.17, 15) is 14.4 Å². The first kappa shape index (κ1) is 79.4. The van der Waals surface area contributed by atoms with Gasteiger partial charge in [0.25, 0.3) is 0 Å². The van der Waals surface area contributed by atoms with Crippen LogP contribution in [0.25, 0.3) is 0 Å². The van der Waals surface area contributed by atoms with Gasteiger partial charge in [-0.1, -0.05) is 345 Å². The van der Waals surface area contributed by atoms with E-state index in [2.05, 4.69) is 69.4 Å². The number of carbonyl (C=O) groups excluding carboxylic acids is 3. The number of carbonyl (C=O) groups is 3. The van der Waals surface area contributed by atoms with Crippen LogP contribution in [0.2, 0.25) is 0 Å². The summed E-state index contributed by atoms with van der Waals surface area (Å²) in [5.74, 6) is -0.875. The van der Waals surface area contributed by atoms with E-state index in [0.717, 1.165) is 89.9 Å². The Balaban J connectivity index is 4.15. The van der Waals surface area contributed by atoms with Crippen molar-refractivity contribution in [3.8, 4) is 0 Å². The van der Waals surface area contributed by atoms with Gasteiger partial charge in [0.15, 0.2) is 6.10 Å². The summed E-state index contributed by atoms with van der Waals surface area (Å²) in [7, 11) is 0. The Morgan fingerprint density at radius 3 is 0.732 bits per heavy atom. The molecule has 0 aliphatic carbocycles. The number of hydrogen-bond donors (Lipinski definition) is 0. The lowest BCUT2D eigenvalue weighted by atomic mass is 10.0. The third-order valence-electron chi connectivity index (χ3n) is 16.6. The molecule has 82 heavy (non-hydrogen) atoms. The molecule has 0 rings (SSSR count). The average Bonchev–Trinajstić information content (AvgIpc) is 3.47. The molecule has 0 aromatic carbocycles. The molecule has 1 atom stereocenters. The van der Waals surface area contributed by atoms with Crippen LogP contribution in [0.3, 0.4) is 0 Å². The lowest BCUT2D eigenvalue weighted by Gasteiger charge is -2.18. The quantitative estimate of drug-likeness (QED) is 0.0261. The summed E-state index contributed by atoms with van der Waals surface area (Å²) in [5.41, 5.74) is 0. The highest BCUT2D eigenvalue weighted by Crippen LogP contribution is 2.19. The minimum atomic E-state index is -0.783. The predicted molar refractivity (Wildman–Crippen MR) is 358 cm³/mol. The van der Waals surface area contributed by atoms with Crippen LogP contribution in [0.15, 0.2) is 48.6 Å². The van der Waals surface area contributed by atoms with Crippen LogP contribution in [-0.4, -0.2) is 37.2 Å². The second kappa shape index (κ2) is 70.9. The molecule has 0 radical (unpaired) electrons. The van der Waals surface area contributed by atoms with E-state index in [4.69, 9.17) is 14.2 Å². The molecule has 0 N–H and O–H groups in total. The van der Waals surface area contributed by atoms with E-state index < -0.39 is 6.10 Å². The zero-order chi connectivity index (χ0) is 59.2. The largest absolute Gasteiger partial charge is 0.462 e. The Morgan fingerprint density at radius 2 is 0.439 bits per heavy atom. The highest BCUT2D eigenvalue weighted by Gasteiger charge is 2.19. The number of ether oxygens (including phenoxy) is 3. The third-order valence-corrected chi connectivity index (χ3v) is 16.6. The van der Waals surface area contributed by atoms with Crippen molar-refractivity contribution in [1.29, 1.82) is 0 Å². The van der Waals surface area contributed by atoms with Crippen molar-refractivity contribution in [1.82, 2.24) is 0 Å². The van der Waals surface area contributed by atoms with Gasteiger partial charge in [-0.3, -0.25) is 14.4 Å². The highest BCUT2D eigenvalue weighted by molar-refractivity contribution is 5.71. The topological polar surface area (TPSA) is 78.9 Å². The van der Waals surface area contributed by atoms with Crippen molar-refractivity contribution in [3.63, 3.8) is 0 Å². The number of rotatable bonds is 68. The fourth-order valence-corrected chi connectivity index (χ4v) is 11.0. The normalized spacial score (nSPS) is 12.3. The summed E-state index contributed by atoms with van der Waals surface area (Å²) in [6.07, 6.45) is 90.2. The SMILES string of the molecule is CCCCC/C=C\C/C=C\C/C=C\CCCCCCCCC(=O)OC(COC(=O)CCCCCCC/C=C\CCCCCC)COC(=O)CCCCCCCCCCCCCCCCCCCCCCCCCCCCCCCCCC. The molecule has 0 bridgehead atoms. The summed E-state index contributed by atoms with van der Waals surface area (Å²) >= 11 is 0. The van der Waals surface area contributed by atoms with Crippen molar-refractivity contribution >= 4 is 17.9 Å². The van der Waals surface area contributed by atoms with E-state index in [1.54, 1.807) is 0 Å². The van der Waals surface area contributed by atoms with Crippen molar-refractivity contribution in [2.45, 2.75) is 406 Å². The fourth-order valence-electron chi connectivity index (χ4n) is 11.0. The Bertz CT molecular complexity index is 1410. The number of unbranched alkanes of at least 4 members (excludes halogenated alkanes) is 49. The van der Waals surface area contributed by atoms with Crippen LogP contribution in [0.5, 0.6) is 0 Å². The molecular formula is C76H140O6. The van der Waals surface area contributed by atoms with Gasteiger partial charge in [0.1, 0.15) is 13.2 Å². The second-order valence-corrected chi connectivity index (χ2v) is 24.9. The first-order chi connectivity index (χ1) is 40.5. The number of esters is 3. The van der Waals surface area contributed by atoms with E-state index in [1.807, 2.05) is 0 Å². The molecule has 1 unspecified atom stereocenters. The predicted octanol–water partition coefficient (Wildman–Crippen LogP) is 25.3. The molecule has 0 fully saturated rings. The van der Waals surface area contributed by atoms with Crippen LogP contribution < -0.4 is 0 Å². The zero-order valence-electron chi connectivity index (χ0n) is 55.3. The van der Waals surface area contributed by atoms with Crippen LogP contribution in [0, 0.1) is 0 Å². The van der Waals surface area contributed by atoms with Crippen LogP contribution in [-0.2, 0) is 28.6 Å². The molecule has 0 saturated carbocycles. The molecule has 0 saturated heterocycles. The van der Waals surface area contributed by atoms with E-state index in [1.165, 1.54) is 270 Å². The van der Waals surface area contributed by atoms with Crippen molar-refractivity contribution in [3.05, 3.63) is 48.6 Å². The van der Waals surface area contributed by atoms with Gasteiger partial charge >= 0.3 is 17.9 Å². The average molecular weight is 1150 g/mol. The molecule has 0 aromatic rings. The molecule has 0 spiro atoms. The maximum Gasteiger partial charge on any atom is 0.306 e. The number of allylic oxidation sites excluding steroid dienone is 8. The van der Waals surface area contributed by atoms with Gasteiger partial charge < -0.3 is 14.2 Å². The first-order valence-corrected chi connectivity index (χ1v) is 36.6. The summed E-state index contributed by atoms with van der Waals surface area (Å²) in [6.45, 7) is 6.64. The molecule has 480 valence electrons. The molecule has 6 nitrogen and oxygen atoms in total. The third kappa shape index (κ3) is 68.2. The monoisotopic (exact) mass is 1150 g/mol. The molecule has 0 aliphatic heterocycles. The Morgan fingerprint density at radius 1 is 0.244 bits per heavy atom. The van der Waals surface area contributed by atoms with Crippen LogP contribution >= 0.6 is 0 Å². The van der Waals surface area contributed by atoms with Gasteiger partial charge in [0.2, 0.25) is 0 Å². The molecule has 0 aromatic heterocycles. The standard InChI is InChI=1S/C76H140O6/c1-4-7-10-13-16-19-22-25-27-29-31-32-33-34-35-36-37-38-39-40-41-42-43-45-46-48-51-54-57-60-63-66-69-75(78)81-72-73(71-80-74(77)68-65-62-59-56-53-50-24-21-18-15-12-9-6-3)82-76(79)70-67-64-61-58-55-52-49-47-44-30-28-26-23-20-17-14-11-8-5-2/h17,20-21,24,26,28,44,47,73H,4-16,18-19,22-23,25,27,29-43,45-46,48-72H2,1-3H3/b20-17-,24-21-,28-26-,47-44-. The van der Waals surface area contributed by atoms with Crippen molar-refractivity contribution < 1.29 is 28.6 Å². The summed E-state index contributed by atoms with van der Waals surface area (Å²) < 4.78 is 17.0. The van der Waals surface area contributed by atoms with E-state index in [0.29, 0.717) is 19.3 Å². The van der Waals surface area contributed by atoms with Gasteiger partial charge in [0.05, 0.1) is 0 Å². The minimum absolute atomic E-state index is 0.0774.